The van der Waals surface area contributed by atoms with Crippen LogP contribution in [0.2, 0.25) is 0 Å². The highest BCUT2D eigenvalue weighted by Gasteiger charge is 2.40. The highest BCUT2D eigenvalue weighted by Crippen LogP contribution is 2.35. The lowest BCUT2D eigenvalue weighted by molar-refractivity contribution is -0.151. The number of hydrogen-bond donors (Lipinski definition) is 2. The van der Waals surface area contributed by atoms with E-state index in [9.17, 15) is 14.7 Å². The van der Waals surface area contributed by atoms with Crippen molar-refractivity contribution in [2.75, 3.05) is 18.4 Å². The minimum atomic E-state index is -0.757. The van der Waals surface area contributed by atoms with E-state index in [0.29, 0.717) is 38.0 Å². The van der Waals surface area contributed by atoms with Crippen LogP contribution in [-0.2, 0) is 4.79 Å². The van der Waals surface area contributed by atoms with Crippen molar-refractivity contribution in [3.8, 4) is 0 Å². The van der Waals surface area contributed by atoms with E-state index in [1.54, 1.807) is 29.4 Å². The van der Waals surface area contributed by atoms with Gasteiger partial charge in [0.2, 0.25) is 0 Å². The van der Waals surface area contributed by atoms with Crippen LogP contribution in [0, 0.1) is 5.41 Å². The first-order valence-electron chi connectivity index (χ1n) is 6.77. The molecule has 0 radical (unpaired) electrons. The van der Waals surface area contributed by atoms with E-state index in [0.717, 1.165) is 0 Å². The van der Waals surface area contributed by atoms with Gasteiger partial charge in [0.25, 0.3) is 0 Å². The molecular weight excluding hydrogens is 258 g/mol. The molecule has 0 spiro atoms. The number of anilines is 1. The third-order valence-electron chi connectivity index (χ3n) is 4.05. The van der Waals surface area contributed by atoms with E-state index < -0.39 is 11.4 Å². The Labute approximate surface area is 117 Å². The number of piperidine rings is 1. The first kappa shape index (κ1) is 14.3. The normalized spacial score (nSPS) is 17.6. The van der Waals surface area contributed by atoms with Gasteiger partial charge in [-0.15, -0.1) is 0 Å². The predicted octanol–water partition coefficient (Wildman–Crippen LogP) is 2.19. The van der Waals surface area contributed by atoms with Crippen molar-refractivity contribution in [3.05, 3.63) is 24.5 Å². The molecule has 1 aliphatic rings. The predicted molar refractivity (Wildman–Crippen MR) is 74.4 cm³/mol. The van der Waals surface area contributed by atoms with Crippen LogP contribution >= 0.6 is 0 Å². The Morgan fingerprint density at radius 1 is 1.45 bits per heavy atom. The Bertz CT molecular complexity index is 482. The number of amides is 2. The van der Waals surface area contributed by atoms with E-state index in [1.807, 2.05) is 6.92 Å². The van der Waals surface area contributed by atoms with E-state index >= 15 is 0 Å². The summed E-state index contributed by atoms with van der Waals surface area (Å²) < 4.78 is 0. The number of urea groups is 1. The number of rotatable bonds is 3. The maximum Gasteiger partial charge on any atom is 0.321 e. The molecule has 6 heteroatoms. The van der Waals surface area contributed by atoms with Crippen molar-refractivity contribution in [2.45, 2.75) is 26.2 Å². The topological polar surface area (TPSA) is 82.5 Å². The van der Waals surface area contributed by atoms with Crippen LogP contribution in [0.25, 0.3) is 0 Å². The summed E-state index contributed by atoms with van der Waals surface area (Å²) in [5.41, 5.74) is -0.0338. The average Bonchev–Trinajstić information content (AvgIpc) is 2.48. The molecule has 1 aliphatic heterocycles. The Balaban J connectivity index is 1.94. The summed E-state index contributed by atoms with van der Waals surface area (Å²) in [4.78, 5) is 29.0. The Morgan fingerprint density at radius 2 is 2.15 bits per heavy atom. The smallest absolute Gasteiger partial charge is 0.321 e. The third-order valence-corrected chi connectivity index (χ3v) is 4.05. The van der Waals surface area contributed by atoms with Crippen LogP contribution in [0.5, 0.6) is 0 Å². The molecule has 0 unspecified atom stereocenters. The van der Waals surface area contributed by atoms with Gasteiger partial charge in [0, 0.05) is 19.3 Å². The number of carboxylic acid groups (broad SMARTS) is 1. The van der Waals surface area contributed by atoms with Crippen molar-refractivity contribution < 1.29 is 14.7 Å². The quantitative estimate of drug-likeness (QED) is 0.887. The summed E-state index contributed by atoms with van der Waals surface area (Å²) in [7, 11) is 0. The Morgan fingerprint density at radius 3 is 2.65 bits per heavy atom. The molecule has 20 heavy (non-hydrogen) atoms. The lowest BCUT2D eigenvalue weighted by Gasteiger charge is -2.38. The number of nitrogens with zero attached hydrogens (tertiary/aromatic N) is 2. The van der Waals surface area contributed by atoms with Crippen LogP contribution in [-0.4, -0.2) is 40.1 Å². The molecular formula is C14H19N3O3. The number of nitrogens with one attached hydrogen (secondary N) is 1. The molecule has 2 amide bonds. The number of hydrogen-bond acceptors (Lipinski definition) is 3. The van der Waals surface area contributed by atoms with Gasteiger partial charge >= 0.3 is 12.0 Å². The second-order valence-corrected chi connectivity index (χ2v) is 5.10. The van der Waals surface area contributed by atoms with E-state index in [2.05, 4.69) is 10.3 Å². The summed E-state index contributed by atoms with van der Waals surface area (Å²) in [5.74, 6) is -0.757. The fourth-order valence-corrected chi connectivity index (χ4v) is 2.50. The molecule has 0 bridgehead atoms. The standard InChI is InChI=1S/C14H19N3O3/c1-2-14(12(18)19)5-8-17(9-6-14)13(20)16-11-4-3-7-15-10-11/h3-4,7,10H,2,5-6,8-9H2,1H3,(H,16,20)(H,18,19). The van der Waals surface area contributed by atoms with Gasteiger partial charge in [-0.3, -0.25) is 9.78 Å². The monoisotopic (exact) mass is 277 g/mol. The molecule has 2 heterocycles. The number of aliphatic carboxylic acids is 1. The maximum atomic E-state index is 12.1. The molecule has 2 rings (SSSR count). The van der Waals surface area contributed by atoms with Gasteiger partial charge < -0.3 is 15.3 Å². The number of aromatic nitrogens is 1. The second kappa shape index (κ2) is 5.90. The Kier molecular flexibility index (Phi) is 4.22. The summed E-state index contributed by atoms with van der Waals surface area (Å²) >= 11 is 0. The van der Waals surface area contributed by atoms with Gasteiger partial charge in [-0.1, -0.05) is 6.92 Å². The maximum absolute atomic E-state index is 12.1. The van der Waals surface area contributed by atoms with E-state index in [1.165, 1.54) is 0 Å². The number of carbonyl (C=O) groups excluding carboxylic acids is 1. The molecule has 1 aromatic rings. The summed E-state index contributed by atoms with van der Waals surface area (Å²) in [6.45, 7) is 2.82. The lowest BCUT2D eigenvalue weighted by Crippen LogP contribution is -2.47. The largest absolute Gasteiger partial charge is 0.481 e. The molecule has 1 saturated heterocycles. The number of carboxylic acids is 1. The summed E-state index contributed by atoms with van der Waals surface area (Å²) in [5, 5.41) is 12.1. The van der Waals surface area contributed by atoms with Gasteiger partial charge in [0.05, 0.1) is 17.3 Å². The molecule has 0 aromatic carbocycles. The minimum absolute atomic E-state index is 0.201. The number of likely N-dealkylation sites (tertiary alicyclic amines) is 1. The molecule has 0 saturated carbocycles. The molecule has 6 nitrogen and oxygen atoms in total. The van der Waals surface area contributed by atoms with Crippen LogP contribution in [0.1, 0.15) is 26.2 Å². The molecule has 108 valence electrons. The second-order valence-electron chi connectivity index (χ2n) is 5.10. The van der Waals surface area contributed by atoms with Gasteiger partial charge in [-0.25, -0.2) is 4.79 Å². The first-order valence-corrected chi connectivity index (χ1v) is 6.77. The van der Waals surface area contributed by atoms with Crippen molar-refractivity contribution in [1.82, 2.24) is 9.88 Å². The SMILES string of the molecule is CCC1(C(=O)O)CCN(C(=O)Nc2cccnc2)CC1. The van der Waals surface area contributed by atoms with Crippen LogP contribution in [0.4, 0.5) is 10.5 Å². The van der Waals surface area contributed by atoms with Crippen LogP contribution in [0.15, 0.2) is 24.5 Å². The minimum Gasteiger partial charge on any atom is -0.481 e. The van der Waals surface area contributed by atoms with E-state index in [4.69, 9.17) is 0 Å². The third kappa shape index (κ3) is 2.89. The lowest BCUT2D eigenvalue weighted by atomic mass is 9.76. The zero-order chi connectivity index (χ0) is 14.6. The molecule has 1 fully saturated rings. The number of pyridine rings is 1. The van der Waals surface area contributed by atoms with E-state index in [-0.39, 0.29) is 6.03 Å². The first-order chi connectivity index (χ1) is 9.57. The van der Waals surface area contributed by atoms with Gasteiger partial charge in [-0.05, 0) is 31.4 Å². The molecule has 2 N–H and O–H groups in total. The van der Waals surface area contributed by atoms with Crippen molar-refractivity contribution >= 4 is 17.7 Å². The average molecular weight is 277 g/mol. The fourth-order valence-electron chi connectivity index (χ4n) is 2.50. The van der Waals surface area contributed by atoms with Crippen LogP contribution in [0.3, 0.4) is 0 Å². The zero-order valence-corrected chi connectivity index (χ0v) is 11.5. The molecule has 0 aliphatic carbocycles. The summed E-state index contributed by atoms with van der Waals surface area (Å²) in [6.07, 6.45) is 4.81. The van der Waals surface area contributed by atoms with Crippen LogP contribution < -0.4 is 5.32 Å². The highest BCUT2D eigenvalue weighted by atomic mass is 16.4. The van der Waals surface area contributed by atoms with Crippen molar-refractivity contribution in [3.63, 3.8) is 0 Å². The van der Waals surface area contributed by atoms with Gasteiger partial charge in [-0.2, -0.15) is 0 Å². The van der Waals surface area contributed by atoms with Gasteiger partial charge in [0.1, 0.15) is 0 Å². The van der Waals surface area contributed by atoms with Gasteiger partial charge in [0.15, 0.2) is 0 Å². The highest BCUT2D eigenvalue weighted by molar-refractivity contribution is 5.89. The fraction of sp³-hybridized carbons (Fsp3) is 0.500. The Hall–Kier alpha value is -2.11. The summed E-state index contributed by atoms with van der Waals surface area (Å²) in [6, 6.07) is 3.31. The van der Waals surface area contributed by atoms with Crippen molar-refractivity contribution in [2.24, 2.45) is 5.41 Å². The molecule has 0 atom stereocenters. The zero-order valence-electron chi connectivity index (χ0n) is 11.5. The molecule has 1 aromatic heterocycles. The van der Waals surface area contributed by atoms with Crippen molar-refractivity contribution in [1.29, 1.82) is 0 Å². The number of carbonyl (C=O) groups is 2.